The summed E-state index contributed by atoms with van der Waals surface area (Å²) >= 11 is 0. The highest BCUT2D eigenvalue weighted by Gasteiger charge is 2.30. The number of aromatic amines is 1. The number of imidazole rings is 1. The maximum Gasteiger partial charge on any atom is 0.227 e. The van der Waals surface area contributed by atoms with Gasteiger partial charge in [0.25, 0.3) is 0 Å². The first-order valence-corrected chi connectivity index (χ1v) is 10.5. The molecule has 1 aliphatic heterocycles. The van der Waals surface area contributed by atoms with Crippen molar-refractivity contribution >= 4 is 16.8 Å². The van der Waals surface area contributed by atoms with Gasteiger partial charge >= 0.3 is 0 Å². The van der Waals surface area contributed by atoms with E-state index in [0.717, 1.165) is 42.5 Å². The van der Waals surface area contributed by atoms with E-state index in [9.17, 15) is 4.79 Å². The standard InChI is InChI=1S/C23H28N4O/c1-16-12-25-23(18-5-4-6-18)27(16)15-17-9-10-26(14-17)22(28)11-19-13-24-21-8-3-2-7-20(19)21/h2-3,7-8,12-13,17-18,24H,4-6,9-11,14-15H2,1H3. The highest BCUT2D eigenvalue weighted by Crippen LogP contribution is 2.36. The molecule has 1 unspecified atom stereocenters. The SMILES string of the molecule is Cc1cnc(C2CCC2)n1CC1CCN(C(=O)Cc2c[nH]c3ccccc23)C1. The molecule has 1 amide bonds. The first-order valence-electron chi connectivity index (χ1n) is 10.5. The number of likely N-dealkylation sites (tertiary alicyclic amines) is 1. The van der Waals surface area contributed by atoms with Crippen molar-refractivity contribution in [3.63, 3.8) is 0 Å². The van der Waals surface area contributed by atoms with E-state index in [-0.39, 0.29) is 5.91 Å². The van der Waals surface area contributed by atoms with E-state index in [1.54, 1.807) is 0 Å². The molecule has 5 heteroatoms. The number of carbonyl (C=O) groups is 1. The van der Waals surface area contributed by atoms with Crippen LogP contribution in [-0.4, -0.2) is 38.4 Å². The average molecular weight is 377 g/mol. The van der Waals surface area contributed by atoms with Crippen molar-refractivity contribution in [3.05, 3.63) is 53.7 Å². The Kier molecular flexibility index (Phi) is 4.46. The van der Waals surface area contributed by atoms with Crippen molar-refractivity contribution < 1.29 is 4.79 Å². The molecule has 5 rings (SSSR count). The smallest absolute Gasteiger partial charge is 0.227 e. The van der Waals surface area contributed by atoms with E-state index in [0.29, 0.717) is 18.3 Å². The van der Waals surface area contributed by atoms with Crippen LogP contribution in [0.25, 0.3) is 10.9 Å². The molecule has 1 N–H and O–H groups in total. The van der Waals surface area contributed by atoms with E-state index in [2.05, 4.69) is 33.5 Å². The van der Waals surface area contributed by atoms with Gasteiger partial charge in [-0.25, -0.2) is 4.98 Å². The Morgan fingerprint density at radius 3 is 2.93 bits per heavy atom. The van der Waals surface area contributed by atoms with E-state index in [1.807, 2.05) is 24.5 Å². The Morgan fingerprint density at radius 1 is 1.25 bits per heavy atom. The van der Waals surface area contributed by atoms with Crippen molar-refractivity contribution in [2.75, 3.05) is 13.1 Å². The minimum atomic E-state index is 0.244. The number of hydrogen-bond acceptors (Lipinski definition) is 2. The summed E-state index contributed by atoms with van der Waals surface area (Å²) in [6, 6.07) is 8.20. The van der Waals surface area contributed by atoms with Crippen molar-refractivity contribution in [2.45, 2.75) is 51.5 Å². The molecule has 2 aliphatic rings. The molecule has 28 heavy (non-hydrogen) atoms. The van der Waals surface area contributed by atoms with Crippen molar-refractivity contribution in [1.82, 2.24) is 19.4 Å². The molecular weight excluding hydrogens is 348 g/mol. The highest BCUT2D eigenvalue weighted by molar-refractivity contribution is 5.88. The van der Waals surface area contributed by atoms with Gasteiger partial charge in [-0.1, -0.05) is 24.6 Å². The number of amides is 1. The fourth-order valence-electron chi connectivity index (χ4n) is 4.73. The van der Waals surface area contributed by atoms with Crippen molar-refractivity contribution in [2.24, 2.45) is 5.92 Å². The van der Waals surface area contributed by atoms with Gasteiger partial charge in [0.15, 0.2) is 0 Å². The molecule has 1 atom stereocenters. The van der Waals surface area contributed by atoms with Gasteiger partial charge in [0, 0.05) is 54.5 Å². The summed E-state index contributed by atoms with van der Waals surface area (Å²) in [4.78, 5) is 22.9. The minimum Gasteiger partial charge on any atom is -0.361 e. The zero-order chi connectivity index (χ0) is 19.1. The van der Waals surface area contributed by atoms with Gasteiger partial charge in [0.05, 0.1) is 6.42 Å². The summed E-state index contributed by atoms with van der Waals surface area (Å²) in [6.07, 6.45) is 9.44. The number of benzene rings is 1. The lowest BCUT2D eigenvalue weighted by molar-refractivity contribution is -0.129. The lowest BCUT2D eigenvalue weighted by Gasteiger charge is -2.27. The Morgan fingerprint density at radius 2 is 2.11 bits per heavy atom. The Labute approximate surface area is 165 Å². The molecule has 1 aromatic carbocycles. The quantitative estimate of drug-likeness (QED) is 0.731. The lowest BCUT2D eigenvalue weighted by Crippen LogP contribution is -2.30. The lowest BCUT2D eigenvalue weighted by atomic mass is 9.84. The second kappa shape index (κ2) is 7.12. The fourth-order valence-corrected chi connectivity index (χ4v) is 4.73. The molecule has 1 saturated heterocycles. The summed E-state index contributed by atoms with van der Waals surface area (Å²) < 4.78 is 2.42. The van der Waals surface area contributed by atoms with Crippen LogP contribution in [0.4, 0.5) is 0 Å². The Bertz CT molecular complexity index is 997. The number of fused-ring (bicyclic) bond motifs is 1. The largest absolute Gasteiger partial charge is 0.361 e. The van der Waals surface area contributed by atoms with Gasteiger partial charge in [-0.15, -0.1) is 0 Å². The number of rotatable bonds is 5. The van der Waals surface area contributed by atoms with Crippen LogP contribution >= 0.6 is 0 Å². The topological polar surface area (TPSA) is 53.9 Å². The molecular formula is C23H28N4O. The molecule has 146 valence electrons. The number of nitrogens with one attached hydrogen (secondary N) is 1. The fraction of sp³-hybridized carbons (Fsp3) is 0.478. The number of H-pyrrole nitrogens is 1. The molecule has 3 aromatic rings. The van der Waals surface area contributed by atoms with Gasteiger partial charge in [0.1, 0.15) is 5.82 Å². The van der Waals surface area contributed by atoms with Gasteiger partial charge in [-0.05, 0) is 43.7 Å². The van der Waals surface area contributed by atoms with Gasteiger partial charge in [-0.3, -0.25) is 4.79 Å². The summed E-state index contributed by atoms with van der Waals surface area (Å²) in [5, 5.41) is 1.16. The van der Waals surface area contributed by atoms with Crippen molar-refractivity contribution in [3.8, 4) is 0 Å². The van der Waals surface area contributed by atoms with Gasteiger partial charge < -0.3 is 14.5 Å². The molecule has 2 fully saturated rings. The molecule has 0 bridgehead atoms. The first kappa shape index (κ1) is 17.5. The summed E-state index contributed by atoms with van der Waals surface area (Å²) in [6.45, 7) is 4.89. The van der Waals surface area contributed by atoms with Crippen LogP contribution in [0.5, 0.6) is 0 Å². The zero-order valence-electron chi connectivity index (χ0n) is 16.5. The van der Waals surface area contributed by atoms with Crippen molar-refractivity contribution in [1.29, 1.82) is 0 Å². The second-order valence-corrected chi connectivity index (χ2v) is 8.53. The third kappa shape index (κ3) is 3.13. The van der Waals surface area contributed by atoms with Crippen LogP contribution in [0.15, 0.2) is 36.7 Å². The maximum absolute atomic E-state index is 12.9. The molecule has 0 radical (unpaired) electrons. The third-order valence-electron chi connectivity index (χ3n) is 6.65. The summed E-state index contributed by atoms with van der Waals surface area (Å²) in [5.74, 6) is 2.69. The Hall–Kier alpha value is -2.56. The third-order valence-corrected chi connectivity index (χ3v) is 6.65. The number of hydrogen-bond donors (Lipinski definition) is 1. The molecule has 0 spiro atoms. The van der Waals surface area contributed by atoms with Crippen LogP contribution in [0.1, 0.15) is 48.7 Å². The second-order valence-electron chi connectivity index (χ2n) is 8.53. The number of aryl methyl sites for hydroxylation is 1. The highest BCUT2D eigenvalue weighted by atomic mass is 16.2. The van der Waals surface area contributed by atoms with E-state index < -0.39 is 0 Å². The van der Waals surface area contributed by atoms with Gasteiger partial charge in [0.2, 0.25) is 5.91 Å². The predicted octanol–water partition coefficient (Wildman–Crippen LogP) is 4.03. The predicted molar refractivity (Wildman–Crippen MR) is 110 cm³/mol. The molecule has 5 nitrogen and oxygen atoms in total. The first-order chi connectivity index (χ1) is 13.7. The summed E-state index contributed by atoms with van der Waals surface area (Å²) in [5.41, 5.74) is 3.45. The number of nitrogens with zero attached hydrogens (tertiary/aromatic N) is 3. The van der Waals surface area contributed by atoms with E-state index in [1.165, 1.54) is 30.8 Å². The number of para-hydroxylation sites is 1. The molecule has 2 aromatic heterocycles. The van der Waals surface area contributed by atoms with E-state index in [4.69, 9.17) is 4.98 Å². The minimum absolute atomic E-state index is 0.244. The monoisotopic (exact) mass is 376 g/mol. The Balaban J connectivity index is 1.24. The number of carbonyl (C=O) groups excluding carboxylic acids is 1. The molecule has 3 heterocycles. The van der Waals surface area contributed by atoms with Crippen LogP contribution < -0.4 is 0 Å². The van der Waals surface area contributed by atoms with Crippen LogP contribution in [0.3, 0.4) is 0 Å². The molecule has 1 aliphatic carbocycles. The normalized spacial score (nSPS) is 20.0. The van der Waals surface area contributed by atoms with E-state index >= 15 is 0 Å². The van der Waals surface area contributed by atoms with Crippen LogP contribution in [0.2, 0.25) is 0 Å². The zero-order valence-corrected chi connectivity index (χ0v) is 16.5. The number of aromatic nitrogens is 3. The van der Waals surface area contributed by atoms with Crippen LogP contribution in [-0.2, 0) is 17.8 Å². The molecule has 1 saturated carbocycles. The average Bonchev–Trinajstić information content (AvgIpc) is 3.36. The van der Waals surface area contributed by atoms with Crippen LogP contribution in [0, 0.1) is 12.8 Å². The van der Waals surface area contributed by atoms with Gasteiger partial charge in [-0.2, -0.15) is 0 Å². The summed E-state index contributed by atoms with van der Waals surface area (Å²) in [7, 11) is 0. The maximum atomic E-state index is 12.9.